The molecule has 0 unspecified atom stereocenters. The molecule has 2 N–H and O–H groups in total. The van der Waals surface area contributed by atoms with Crippen molar-refractivity contribution >= 4 is 7.32 Å². The van der Waals surface area contributed by atoms with E-state index in [1.54, 1.807) is 6.07 Å². The molecule has 2 aromatic rings. The van der Waals surface area contributed by atoms with Crippen molar-refractivity contribution in [3.8, 4) is 17.4 Å². The first kappa shape index (κ1) is 15.1. The van der Waals surface area contributed by atoms with Gasteiger partial charge in [0, 0.05) is 6.07 Å². The summed E-state index contributed by atoms with van der Waals surface area (Å²) < 4.78 is 15.7. The highest BCUT2D eigenvalue weighted by Crippen LogP contribution is 2.30. The zero-order chi connectivity index (χ0) is 15.1. The van der Waals surface area contributed by atoms with Crippen molar-refractivity contribution in [3.05, 3.63) is 48.2 Å². The minimum absolute atomic E-state index is 0.138. The molecule has 0 bridgehead atoms. The third kappa shape index (κ3) is 4.66. The highest BCUT2D eigenvalue weighted by atomic mass is 16.6. The number of nitrogens with zero attached hydrogens (tertiary/aromatic N) is 1. The van der Waals surface area contributed by atoms with E-state index >= 15 is 0 Å². The SMILES string of the molecule is CCOc1cc(OCc2ccccc2)ncc1OB(O)O. The lowest BCUT2D eigenvalue weighted by molar-refractivity contribution is 0.263. The Kier molecular flexibility index (Phi) is 5.42. The summed E-state index contributed by atoms with van der Waals surface area (Å²) >= 11 is 0. The number of aromatic nitrogens is 1. The maximum Gasteiger partial charge on any atom is 0.707 e. The van der Waals surface area contributed by atoms with Gasteiger partial charge in [-0.1, -0.05) is 30.3 Å². The van der Waals surface area contributed by atoms with Crippen LogP contribution in [-0.2, 0) is 6.61 Å². The number of rotatable bonds is 7. The van der Waals surface area contributed by atoms with Gasteiger partial charge in [-0.25, -0.2) is 4.98 Å². The molecule has 2 rings (SSSR count). The zero-order valence-electron chi connectivity index (χ0n) is 11.6. The van der Waals surface area contributed by atoms with Crippen LogP contribution in [0, 0.1) is 0 Å². The molecule has 110 valence electrons. The molecule has 0 saturated heterocycles. The molecule has 0 aliphatic rings. The molecule has 6 nitrogen and oxygen atoms in total. The topological polar surface area (TPSA) is 81.0 Å². The fourth-order valence-electron chi connectivity index (χ4n) is 1.69. The number of benzene rings is 1. The normalized spacial score (nSPS) is 10.0. The molecule has 1 aromatic heterocycles. The summed E-state index contributed by atoms with van der Waals surface area (Å²) in [6.07, 6.45) is 1.32. The molecule has 0 spiro atoms. The van der Waals surface area contributed by atoms with Gasteiger partial charge in [-0.15, -0.1) is 0 Å². The van der Waals surface area contributed by atoms with Gasteiger partial charge in [0.1, 0.15) is 6.61 Å². The van der Waals surface area contributed by atoms with Gasteiger partial charge in [0.15, 0.2) is 11.5 Å². The molecule has 1 heterocycles. The fraction of sp³-hybridized carbons (Fsp3) is 0.214. The summed E-state index contributed by atoms with van der Waals surface area (Å²) in [5.74, 6) is 0.838. The third-order valence-corrected chi connectivity index (χ3v) is 2.57. The Bertz CT molecular complexity index is 565. The van der Waals surface area contributed by atoms with Gasteiger partial charge < -0.3 is 24.2 Å². The van der Waals surface area contributed by atoms with Crippen molar-refractivity contribution < 1.29 is 24.2 Å². The first-order valence-electron chi connectivity index (χ1n) is 6.51. The van der Waals surface area contributed by atoms with E-state index < -0.39 is 7.32 Å². The van der Waals surface area contributed by atoms with E-state index in [0.717, 1.165) is 5.56 Å². The number of ether oxygens (including phenoxy) is 2. The maximum absolute atomic E-state index is 8.84. The van der Waals surface area contributed by atoms with E-state index in [1.165, 1.54) is 6.20 Å². The van der Waals surface area contributed by atoms with Crippen LogP contribution in [0.3, 0.4) is 0 Å². The predicted octanol–water partition coefficient (Wildman–Crippen LogP) is 1.41. The van der Waals surface area contributed by atoms with E-state index in [2.05, 4.69) is 4.98 Å². The van der Waals surface area contributed by atoms with Crippen LogP contribution in [0.25, 0.3) is 0 Å². The van der Waals surface area contributed by atoms with E-state index in [9.17, 15) is 0 Å². The Morgan fingerprint density at radius 1 is 1.10 bits per heavy atom. The summed E-state index contributed by atoms with van der Waals surface area (Å²) in [4.78, 5) is 4.04. The predicted molar refractivity (Wildman–Crippen MR) is 77.0 cm³/mol. The number of hydrogen-bond acceptors (Lipinski definition) is 6. The molecule has 0 atom stereocenters. The van der Waals surface area contributed by atoms with Gasteiger partial charge in [0.2, 0.25) is 5.88 Å². The van der Waals surface area contributed by atoms with Crippen LogP contribution in [-0.4, -0.2) is 29.0 Å². The van der Waals surface area contributed by atoms with Crippen LogP contribution in [0.2, 0.25) is 0 Å². The van der Waals surface area contributed by atoms with Crippen molar-refractivity contribution in [2.75, 3.05) is 6.61 Å². The Hall–Kier alpha value is -2.25. The highest BCUT2D eigenvalue weighted by Gasteiger charge is 2.16. The Morgan fingerprint density at radius 3 is 2.52 bits per heavy atom. The van der Waals surface area contributed by atoms with Crippen LogP contribution in [0.15, 0.2) is 42.6 Å². The van der Waals surface area contributed by atoms with E-state index in [4.69, 9.17) is 24.2 Å². The minimum Gasteiger partial charge on any atom is -0.508 e. The molecule has 0 amide bonds. The average molecular weight is 289 g/mol. The van der Waals surface area contributed by atoms with Crippen molar-refractivity contribution in [2.45, 2.75) is 13.5 Å². The molecule has 0 fully saturated rings. The summed E-state index contributed by atoms with van der Waals surface area (Å²) in [7, 11) is -1.93. The summed E-state index contributed by atoms with van der Waals surface area (Å²) in [6, 6.07) is 11.2. The summed E-state index contributed by atoms with van der Waals surface area (Å²) in [5.41, 5.74) is 1.02. The Balaban J connectivity index is 2.08. The van der Waals surface area contributed by atoms with Crippen molar-refractivity contribution in [1.29, 1.82) is 0 Å². The second-order valence-corrected chi connectivity index (χ2v) is 4.12. The minimum atomic E-state index is -1.93. The van der Waals surface area contributed by atoms with E-state index in [1.807, 2.05) is 37.3 Å². The molecule has 0 radical (unpaired) electrons. The maximum atomic E-state index is 8.84. The second-order valence-electron chi connectivity index (χ2n) is 4.12. The smallest absolute Gasteiger partial charge is 0.508 e. The van der Waals surface area contributed by atoms with Crippen molar-refractivity contribution in [3.63, 3.8) is 0 Å². The second kappa shape index (κ2) is 7.51. The van der Waals surface area contributed by atoms with Gasteiger partial charge >= 0.3 is 7.32 Å². The lowest BCUT2D eigenvalue weighted by Gasteiger charge is -2.12. The van der Waals surface area contributed by atoms with Crippen LogP contribution >= 0.6 is 0 Å². The van der Waals surface area contributed by atoms with Gasteiger partial charge in [-0.2, -0.15) is 0 Å². The zero-order valence-corrected chi connectivity index (χ0v) is 11.6. The van der Waals surface area contributed by atoms with Crippen LogP contribution in [0.1, 0.15) is 12.5 Å². The molecule has 7 heteroatoms. The number of hydrogen-bond donors (Lipinski definition) is 2. The van der Waals surface area contributed by atoms with Gasteiger partial charge in [-0.3, -0.25) is 0 Å². The summed E-state index contributed by atoms with van der Waals surface area (Å²) in [6.45, 7) is 2.59. The third-order valence-electron chi connectivity index (χ3n) is 2.57. The van der Waals surface area contributed by atoms with Crippen LogP contribution in [0.4, 0.5) is 0 Å². The highest BCUT2D eigenvalue weighted by molar-refractivity contribution is 6.33. The van der Waals surface area contributed by atoms with Crippen LogP contribution in [0.5, 0.6) is 17.4 Å². The molecule has 21 heavy (non-hydrogen) atoms. The fourth-order valence-corrected chi connectivity index (χ4v) is 1.69. The average Bonchev–Trinajstić information content (AvgIpc) is 2.48. The lowest BCUT2D eigenvalue weighted by atomic mass is 10.2. The van der Waals surface area contributed by atoms with Crippen molar-refractivity contribution in [2.24, 2.45) is 0 Å². The van der Waals surface area contributed by atoms with E-state index in [-0.39, 0.29) is 5.75 Å². The van der Waals surface area contributed by atoms with Crippen LogP contribution < -0.4 is 14.1 Å². The molecular weight excluding hydrogens is 273 g/mol. The first-order chi connectivity index (χ1) is 10.2. The van der Waals surface area contributed by atoms with E-state index in [0.29, 0.717) is 24.8 Å². The lowest BCUT2D eigenvalue weighted by Crippen LogP contribution is -2.21. The summed E-state index contributed by atoms with van der Waals surface area (Å²) in [5, 5.41) is 17.7. The van der Waals surface area contributed by atoms with Gasteiger partial charge in [-0.05, 0) is 12.5 Å². The monoisotopic (exact) mass is 289 g/mol. The van der Waals surface area contributed by atoms with Gasteiger partial charge in [0.25, 0.3) is 0 Å². The quantitative estimate of drug-likeness (QED) is 0.750. The standard InChI is InChI=1S/C14H16BNO5/c1-2-19-12-8-14(16-9-13(12)21-15(17)18)20-10-11-6-4-3-5-7-11/h3-9,17-18H,2,10H2,1H3. The Labute approximate surface area is 123 Å². The van der Waals surface area contributed by atoms with Crippen molar-refractivity contribution in [1.82, 2.24) is 4.98 Å². The molecule has 1 aromatic carbocycles. The largest absolute Gasteiger partial charge is 0.707 e. The molecular formula is C14H16BNO5. The Morgan fingerprint density at radius 2 is 1.86 bits per heavy atom. The van der Waals surface area contributed by atoms with Gasteiger partial charge in [0.05, 0.1) is 12.8 Å². The first-order valence-corrected chi connectivity index (χ1v) is 6.51. The number of pyridine rings is 1. The molecule has 0 aliphatic heterocycles. The molecule has 0 saturated carbocycles. The molecule has 0 aliphatic carbocycles.